The quantitative estimate of drug-likeness (QED) is 0.425. The van der Waals surface area contributed by atoms with Crippen molar-refractivity contribution in [3.8, 4) is 11.3 Å². The Morgan fingerprint density at radius 3 is 2.44 bits per heavy atom. The molecule has 3 heterocycles. The number of hydrogen-bond donors (Lipinski definition) is 0. The minimum absolute atomic E-state index is 0.0586. The van der Waals surface area contributed by atoms with Crippen LogP contribution in [0.25, 0.3) is 11.3 Å². The van der Waals surface area contributed by atoms with Crippen LogP contribution in [0.5, 0.6) is 0 Å². The van der Waals surface area contributed by atoms with Crippen LogP contribution in [0.3, 0.4) is 0 Å². The Balaban J connectivity index is 1.24. The van der Waals surface area contributed by atoms with Crippen LogP contribution in [0, 0.1) is 17.0 Å². The number of nitrogens with zero attached hydrogens (tertiary/aromatic N) is 5. The summed E-state index contributed by atoms with van der Waals surface area (Å²) in [7, 11) is -3.17. The van der Waals surface area contributed by atoms with Crippen LogP contribution in [0.2, 0.25) is 0 Å². The number of rotatable bonds is 6. The largest absolute Gasteiger partial charge is 0.250 e. The van der Waals surface area contributed by atoms with Gasteiger partial charge in [0.2, 0.25) is 0 Å². The first-order valence-corrected chi connectivity index (χ1v) is 15.0. The molecule has 0 spiro atoms. The molecule has 1 aromatic carbocycles. The van der Waals surface area contributed by atoms with Crippen LogP contribution < -0.4 is 0 Å². The third kappa shape index (κ3) is 3.56. The molecule has 4 aliphatic rings. The Bertz CT molecular complexity index is 1690. The lowest BCUT2D eigenvalue weighted by molar-refractivity contribution is 0.243. The Kier molecular flexibility index (Phi) is 5.24. The molecule has 3 aromatic rings. The van der Waals surface area contributed by atoms with E-state index in [0.717, 1.165) is 42.6 Å². The molecular formula is C29H27F2N5O2S. The predicted octanol–water partition coefficient (Wildman–Crippen LogP) is 5.15. The first-order chi connectivity index (χ1) is 18.6. The summed E-state index contributed by atoms with van der Waals surface area (Å²) in [6.07, 6.45) is 3.53. The zero-order chi connectivity index (χ0) is 27.2. The zero-order valence-corrected chi connectivity index (χ0v) is 22.5. The summed E-state index contributed by atoms with van der Waals surface area (Å²) in [6.45, 7) is 4.39. The maximum Gasteiger partial charge on any atom is 0.158 e. The maximum absolute atomic E-state index is 14.5. The fourth-order valence-electron chi connectivity index (χ4n) is 6.98. The third-order valence-corrected chi connectivity index (χ3v) is 11.4. The molecule has 3 aliphatic carbocycles. The van der Waals surface area contributed by atoms with E-state index in [1.165, 1.54) is 18.2 Å². The van der Waals surface area contributed by atoms with Gasteiger partial charge in [0.15, 0.2) is 9.84 Å². The van der Waals surface area contributed by atoms with Gasteiger partial charge in [0, 0.05) is 6.42 Å². The number of benzene rings is 1. The predicted molar refractivity (Wildman–Crippen MR) is 144 cm³/mol. The van der Waals surface area contributed by atoms with Crippen molar-refractivity contribution in [1.29, 1.82) is 0 Å². The minimum atomic E-state index is -3.17. The van der Waals surface area contributed by atoms with E-state index in [2.05, 4.69) is 34.2 Å². The number of aromatic nitrogens is 3. The molecular weight excluding hydrogens is 520 g/mol. The maximum atomic E-state index is 14.5. The van der Waals surface area contributed by atoms with Crippen molar-refractivity contribution in [1.82, 2.24) is 15.2 Å². The SMILES string of the molecule is CC1(C)[C@H]2CC[C@]1(c1cccc(C3=NN=C(CS(=O)(=O)C4CC4)C3)n1)c1nnc(-c3c(F)cccc3F)cc12. The highest BCUT2D eigenvalue weighted by Gasteiger charge is 2.65. The first kappa shape index (κ1) is 24.6. The van der Waals surface area contributed by atoms with Crippen molar-refractivity contribution < 1.29 is 17.2 Å². The van der Waals surface area contributed by atoms with Crippen molar-refractivity contribution in [2.75, 3.05) is 5.75 Å². The Labute approximate surface area is 225 Å². The van der Waals surface area contributed by atoms with E-state index in [1.54, 1.807) is 6.07 Å². The van der Waals surface area contributed by atoms with E-state index >= 15 is 0 Å². The van der Waals surface area contributed by atoms with Gasteiger partial charge >= 0.3 is 0 Å². The summed E-state index contributed by atoms with van der Waals surface area (Å²) >= 11 is 0. The number of fused-ring (bicyclic) bond motifs is 5. The highest BCUT2D eigenvalue weighted by Crippen LogP contribution is 2.69. The summed E-state index contributed by atoms with van der Waals surface area (Å²) in [5, 5.41) is 17.2. The summed E-state index contributed by atoms with van der Waals surface area (Å²) in [5.41, 5.74) is 3.69. The van der Waals surface area contributed by atoms with Gasteiger partial charge in [-0.3, -0.25) is 4.98 Å². The molecule has 39 heavy (non-hydrogen) atoms. The number of hydrogen-bond acceptors (Lipinski definition) is 7. The lowest BCUT2D eigenvalue weighted by atomic mass is 9.66. The van der Waals surface area contributed by atoms with Gasteiger partial charge in [-0.1, -0.05) is 26.0 Å². The highest BCUT2D eigenvalue weighted by atomic mass is 32.2. The van der Waals surface area contributed by atoms with Gasteiger partial charge in [-0.25, -0.2) is 17.2 Å². The van der Waals surface area contributed by atoms with Crippen LogP contribution >= 0.6 is 0 Å². The normalized spacial score (nSPS) is 25.0. The van der Waals surface area contributed by atoms with Crippen molar-refractivity contribution >= 4 is 21.3 Å². The van der Waals surface area contributed by atoms with E-state index < -0.39 is 26.9 Å². The zero-order valence-electron chi connectivity index (χ0n) is 21.7. The third-order valence-electron chi connectivity index (χ3n) is 9.17. The second-order valence-corrected chi connectivity index (χ2v) is 13.9. The van der Waals surface area contributed by atoms with Crippen LogP contribution in [0.1, 0.15) is 74.5 Å². The number of pyridine rings is 1. The Morgan fingerprint density at radius 2 is 1.69 bits per heavy atom. The van der Waals surface area contributed by atoms with E-state index in [0.29, 0.717) is 23.5 Å². The molecule has 0 N–H and O–H groups in total. The van der Waals surface area contributed by atoms with Crippen molar-refractivity contribution in [3.63, 3.8) is 0 Å². The Hall–Kier alpha value is -3.40. The van der Waals surface area contributed by atoms with Gasteiger partial charge in [0.25, 0.3) is 0 Å². The molecule has 10 heteroatoms. The monoisotopic (exact) mass is 547 g/mol. The Morgan fingerprint density at radius 1 is 0.949 bits per heavy atom. The van der Waals surface area contributed by atoms with Crippen molar-refractivity contribution in [2.45, 2.75) is 62.5 Å². The lowest BCUT2D eigenvalue weighted by Crippen LogP contribution is -2.38. The van der Waals surface area contributed by atoms with Crippen LogP contribution in [0.4, 0.5) is 8.78 Å². The van der Waals surface area contributed by atoms with Crippen LogP contribution in [-0.2, 0) is 15.3 Å². The minimum Gasteiger partial charge on any atom is -0.250 e. The van der Waals surface area contributed by atoms with Crippen molar-refractivity contribution in [3.05, 3.63) is 76.7 Å². The number of halogens is 2. The van der Waals surface area contributed by atoms with E-state index in [1.807, 2.05) is 18.2 Å². The highest BCUT2D eigenvalue weighted by molar-refractivity contribution is 7.93. The molecule has 2 aromatic heterocycles. The van der Waals surface area contributed by atoms with E-state index in [4.69, 9.17) is 4.98 Å². The molecule has 2 bridgehead atoms. The molecule has 7 nitrogen and oxygen atoms in total. The molecule has 2 atom stereocenters. The van der Waals surface area contributed by atoms with Crippen LogP contribution in [-0.4, -0.2) is 46.0 Å². The van der Waals surface area contributed by atoms with Crippen molar-refractivity contribution in [2.24, 2.45) is 15.6 Å². The first-order valence-electron chi connectivity index (χ1n) is 13.3. The second-order valence-electron chi connectivity index (χ2n) is 11.7. The van der Waals surface area contributed by atoms with E-state index in [-0.39, 0.29) is 33.6 Å². The van der Waals surface area contributed by atoms with Gasteiger partial charge in [0.05, 0.1) is 56.2 Å². The molecule has 7 rings (SSSR count). The average Bonchev–Trinajstić information content (AvgIpc) is 3.58. The summed E-state index contributed by atoms with van der Waals surface area (Å²) < 4.78 is 54.0. The summed E-state index contributed by atoms with van der Waals surface area (Å²) in [4.78, 5) is 5.05. The molecule has 2 saturated carbocycles. The summed E-state index contributed by atoms with van der Waals surface area (Å²) in [5.74, 6) is -1.26. The molecule has 0 amide bonds. The van der Waals surface area contributed by atoms with Crippen LogP contribution in [0.15, 0.2) is 52.7 Å². The lowest BCUT2D eigenvalue weighted by Gasteiger charge is -2.37. The molecule has 0 radical (unpaired) electrons. The van der Waals surface area contributed by atoms with E-state index in [9.17, 15) is 17.2 Å². The second kappa shape index (κ2) is 8.30. The fraction of sp³-hybridized carbons (Fsp3) is 0.414. The van der Waals surface area contributed by atoms with Gasteiger partial charge < -0.3 is 0 Å². The van der Waals surface area contributed by atoms with Gasteiger partial charge in [-0.15, -0.1) is 5.10 Å². The molecule has 0 unspecified atom stereocenters. The molecule has 1 aliphatic heterocycles. The molecule has 2 fully saturated rings. The summed E-state index contributed by atoms with van der Waals surface area (Å²) in [6, 6.07) is 11.4. The van der Waals surface area contributed by atoms with Gasteiger partial charge in [-0.2, -0.15) is 15.3 Å². The van der Waals surface area contributed by atoms with Gasteiger partial charge in [-0.05, 0) is 72.9 Å². The topological polar surface area (TPSA) is 97.5 Å². The average molecular weight is 548 g/mol. The smallest absolute Gasteiger partial charge is 0.158 e. The van der Waals surface area contributed by atoms with Gasteiger partial charge in [0.1, 0.15) is 11.6 Å². The molecule has 0 saturated heterocycles. The number of sulfone groups is 1. The standard InChI is InChI=1S/C29H27F2N5O2S/c1-28(2)19-11-12-29(28,27-18(19)14-24(35-36-27)26-20(30)5-3-6-21(26)31)25-8-4-7-22(32-25)23-13-16(33-34-23)15-39(37,38)17-9-10-17/h3-8,14,17,19H,9-13,15H2,1-2H3/t19-,29-/m0/s1. The fourth-order valence-corrected chi connectivity index (χ4v) is 8.70. The molecule has 200 valence electrons.